The third-order valence-electron chi connectivity index (χ3n) is 7.28. The lowest BCUT2D eigenvalue weighted by molar-refractivity contribution is -0.136. The molecule has 1 heterocycles. The Morgan fingerprint density at radius 3 is 2.28 bits per heavy atom. The number of nitrogens with one attached hydrogen (secondary N) is 1. The van der Waals surface area contributed by atoms with Gasteiger partial charge >= 0.3 is 5.97 Å². The summed E-state index contributed by atoms with van der Waals surface area (Å²) in [5.41, 5.74) is 4.27. The summed E-state index contributed by atoms with van der Waals surface area (Å²) in [7, 11) is 4.55. The van der Waals surface area contributed by atoms with Crippen LogP contribution < -0.4 is 19.5 Å². The third-order valence-corrected chi connectivity index (χ3v) is 7.28. The molecule has 0 radical (unpaired) electrons. The van der Waals surface area contributed by atoms with E-state index in [9.17, 15) is 9.59 Å². The average Bonchev–Trinajstić information content (AvgIpc) is 2.96. The highest BCUT2D eigenvalue weighted by Crippen LogP contribution is 2.47. The quantitative estimate of drug-likeness (QED) is 0.377. The number of ether oxygens (including phenoxy) is 4. The second kappa shape index (κ2) is 11.1. The molecule has 1 aliphatic heterocycles. The highest BCUT2D eigenvalue weighted by atomic mass is 16.5. The van der Waals surface area contributed by atoms with Crippen LogP contribution in [0.25, 0.3) is 0 Å². The summed E-state index contributed by atoms with van der Waals surface area (Å²) < 4.78 is 22.1. The van der Waals surface area contributed by atoms with E-state index < -0.39 is 11.9 Å². The number of para-hydroxylation sites is 1. The van der Waals surface area contributed by atoms with Crippen molar-refractivity contribution in [3.05, 3.63) is 106 Å². The van der Waals surface area contributed by atoms with Crippen LogP contribution in [-0.2, 0) is 14.3 Å². The van der Waals surface area contributed by atoms with Crippen molar-refractivity contribution in [2.24, 2.45) is 0 Å². The largest absolute Gasteiger partial charge is 0.493 e. The van der Waals surface area contributed by atoms with E-state index in [0.717, 1.165) is 16.8 Å². The summed E-state index contributed by atoms with van der Waals surface area (Å²) in [6.07, 6.45) is 0.916. The molecule has 3 aromatic carbocycles. The highest BCUT2D eigenvalue weighted by molar-refractivity contribution is 6.04. The number of dihydropyridines is 1. The molecule has 2 atom stereocenters. The molecule has 5 rings (SSSR count). The molecule has 0 unspecified atom stereocenters. The lowest BCUT2D eigenvalue weighted by Crippen LogP contribution is -2.36. The van der Waals surface area contributed by atoms with E-state index in [4.69, 9.17) is 18.9 Å². The molecule has 3 aromatic rings. The minimum atomic E-state index is -0.577. The molecule has 7 nitrogen and oxygen atoms in total. The number of hydrogen-bond donors (Lipinski definition) is 1. The zero-order chi connectivity index (χ0) is 27.5. The zero-order valence-electron chi connectivity index (χ0n) is 22.4. The minimum Gasteiger partial charge on any atom is -0.493 e. The normalized spacial score (nSPS) is 18.7. The van der Waals surface area contributed by atoms with Crippen LogP contribution in [0.2, 0.25) is 0 Å². The van der Waals surface area contributed by atoms with Crippen molar-refractivity contribution in [3.63, 3.8) is 0 Å². The van der Waals surface area contributed by atoms with Crippen molar-refractivity contribution in [2.75, 3.05) is 21.3 Å². The smallest absolute Gasteiger partial charge is 0.336 e. The molecule has 1 N–H and O–H groups in total. The number of allylic oxidation sites excluding steroid dienone is 3. The SMILES string of the molecule is COC(=O)C1=C(C)NC2=C(C(=O)C[C@@H](c3ccc(OC)c(OC)c3)C2)[C@@H]1c1cccc(Oc2ccccc2)c1. The monoisotopic (exact) mass is 525 g/mol. The van der Waals surface area contributed by atoms with Gasteiger partial charge in [-0.15, -0.1) is 0 Å². The van der Waals surface area contributed by atoms with Crippen LogP contribution in [0.3, 0.4) is 0 Å². The van der Waals surface area contributed by atoms with E-state index in [-0.39, 0.29) is 11.7 Å². The molecule has 0 fully saturated rings. The van der Waals surface area contributed by atoms with Crippen molar-refractivity contribution in [1.29, 1.82) is 0 Å². The summed E-state index contributed by atoms with van der Waals surface area (Å²) in [6, 6.07) is 22.8. The van der Waals surface area contributed by atoms with Gasteiger partial charge in [0.2, 0.25) is 0 Å². The average molecular weight is 526 g/mol. The van der Waals surface area contributed by atoms with Crippen LogP contribution in [-0.4, -0.2) is 33.1 Å². The number of carbonyl (C=O) groups excluding carboxylic acids is 2. The number of methoxy groups -OCH3 is 3. The molecule has 7 heteroatoms. The fraction of sp³-hybridized carbons (Fsp3) is 0.250. The van der Waals surface area contributed by atoms with Crippen molar-refractivity contribution in [2.45, 2.75) is 31.6 Å². The number of ketones is 1. The van der Waals surface area contributed by atoms with Crippen molar-refractivity contribution in [3.8, 4) is 23.0 Å². The number of carbonyl (C=O) groups is 2. The van der Waals surface area contributed by atoms with Gasteiger partial charge in [-0.2, -0.15) is 0 Å². The Balaban J connectivity index is 1.55. The van der Waals surface area contributed by atoms with E-state index in [1.807, 2.05) is 79.7 Å². The van der Waals surface area contributed by atoms with Gasteiger partial charge < -0.3 is 24.3 Å². The van der Waals surface area contributed by atoms with Crippen LogP contribution in [0, 0.1) is 0 Å². The maximum atomic E-state index is 13.9. The van der Waals surface area contributed by atoms with Crippen LogP contribution in [0.1, 0.15) is 42.7 Å². The topological polar surface area (TPSA) is 83.1 Å². The molecule has 39 heavy (non-hydrogen) atoms. The van der Waals surface area contributed by atoms with E-state index in [0.29, 0.717) is 52.7 Å². The summed E-state index contributed by atoms with van der Waals surface area (Å²) in [4.78, 5) is 26.9. The van der Waals surface area contributed by atoms with E-state index >= 15 is 0 Å². The van der Waals surface area contributed by atoms with Gasteiger partial charge in [0.15, 0.2) is 17.3 Å². The summed E-state index contributed by atoms with van der Waals surface area (Å²) >= 11 is 0. The van der Waals surface area contributed by atoms with Crippen LogP contribution >= 0.6 is 0 Å². The van der Waals surface area contributed by atoms with Crippen molar-refractivity contribution < 1.29 is 28.5 Å². The number of esters is 1. The lowest BCUT2D eigenvalue weighted by atomic mass is 9.71. The van der Waals surface area contributed by atoms with Crippen molar-refractivity contribution in [1.82, 2.24) is 5.32 Å². The summed E-state index contributed by atoms with van der Waals surface area (Å²) in [5, 5.41) is 3.37. The molecule has 0 spiro atoms. The molecule has 0 bridgehead atoms. The Morgan fingerprint density at radius 2 is 1.56 bits per heavy atom. The Morgan fingerprint density at radius 1 is 0.821 bits per heavy atom. The predicted molar refractivity (Wildman–Crippen MR) is 147 cm³/mol. The predicted octanol–water partition coefficient (Wildman–Crippen LogP) is 6.03. The van der Waals surface area contributed by atoms with Gasteiger partial charge in [-0.3, -0.25) is 4.79 Å². The third kappa shape index (κ3) is 5.12. The molecule has 200 valence electrons. The maximum absolute atomic E-state index is 13.9. The first-order valence-electron chi connectivity index (χ1n) is 12.8. The number of Topliss-reactive ketones (excluding diaryl/α,β-unsaturated/α-hetero) is 1. The number of benzene rings is 3. The van der Waals surface area contributed by atoms with E-state index in [1.165, 1.54) is 7.11 Å². The molecule has 2 aliphatic rings. The van der Waals surface area contributed by atoms with Gasteiger partial charge in [0.1, 0.15) is 11.5 Å². The minimum absolute atomic E-state index is 0.0168. The zero-order valence-corrected chi connectivity index (χ0v) is 22.4. The van der Waals surface area contributed by atoms with Gasteiger partial charge in [0.05, 0.1) is 26.9 Å². The van der Waals surface area contributed by atoms with Crippen LogP contribution in [0.15, 0.2) is 95.3 Å². The first-order valence-corrected chi connectivity index (χ1v) is 12.8. The van der Waals surface area contributed by atoms with Gasteiger partial charge in [-0.05, 0) is 66.8 Å². The highest BCUT2D eigenvalue weighted by Gasteiger charge is 2.41. The van der Waals surface area contributed by atoms with Crippen LogP contribution in [0.4, 0.5) is 0 Å². The van der Waals surface area contributed by atoms with Gasteiger partial charge in [0, 0.05) is 29.3 Å². The second-order valence-corrected chi connectivity index (χ2v) is 9.61. The number of hydrogen-bond acceptors (Lipinski definition) is 7. The molecule has 0 saturated heterocycles. The fourth-order valence-corrected chi connectivity index (χ4v) is 5.48. The molecular weight excluding hydrogens is 494 g/mol. The van der Waals surface area contributed by atoms with E-state index in [1.54, 1.807) is 14.2 Å². The fourth-order valence-electron chi connectivity index (χ4n) is 5.48. The van der Waals surface area contributed by atoms with Gasteiger partial charge in [0.25, 0.3) is 0 Å². The molecule has 0 aromatic heterocycles. The molecular formula is C32H31NO6. The molecule has 0 amide bonds. The second-order valence-electron chi connectivity index (χ2n) is 9.61. The Hall–Kier alpha value is -4.52. The van der Waals surface area contributed by atoms with Crippen LogP contribution in [0.5, 0.6) is 23.0 Å². The lowest BCUT2D eigenvalue weighted by Gasteiger charge is -2.36. The Kier molecular flexibility index (Phi) is 7.41. The summed E-state index contributed by atoms with van der Waals surface area (Å²) in [5.74, 6) is 1.46. The maximum Gasteiger partial charge on any atom is 0.336 e. The molecule has 0 saturated carbocycles. The van der Waals surface area contributed by atoms with Crippen molar-refractivity contribution >= 4 is 11.8 Å². The van der Waals surface area contributed by atoms with Gasteiger partial charge in [-0.25, -0.2) is 4.79 Å². The summed E-state index contributed by atoms with van der Waals surface area (Å²) in [6.45, 7) is 1.85. The Labute approximate surface area is 228 Å². The Bertz CT molecular complexity index is 1470. The first kappa shape index (κ1) is 26.1. The first-order chi connectivity index (χ1) is 18.9. The standard InChI is InChI=1S/C32H31NO6/c1-19-29(32(35)38-4)30(21-9-8-12-24(15-21)39-23-10-6-5-7-11-23)31-25(33-19)16-22(17-26(31)34)20-13-14-27(36-2)28(18-20)37-3/h5-15,18,22,30,33H,16-17H2,1-4H3/t22-,30+/m0/s1. The number of rotatable bonds is 7. The molecule has 1 aliphatic carbocycles. The van der Waals surface area contributed by atoms with Gasteiger partial charge in [-0.1, -0.05) is 36.4 Å². The van der Waals surface area contributed by atoms with E-state index in [2.05, 4.69) is 5.32 Å².